The number of carbonyl (C=O) groups is 2. The maximum Gasteiger partial charge on any atom is 0.326 e. The third-order valence-electron chi connectivity index (χ3n) is 3.09. The Bertz CT molecular complexity index is 458. The minimum atomic E-state index is -0.909. The van der Waals surface area contributed by atoms with Crippen LogP contribution in [0.1, 0.15) is 30.5 Å². The van der Waals surface area contributed by atoms with E-state index in [0.29, 0.717) is 13.0 Å². The van der Waals surface area contributed by atoms with E-state index in [2.05, 4.69) is 4.98 Å². The molecule has 0 aromatic carbocycles. The molecule has 18 heavy (non-hydrogen) atoms. The van der Waals surface area contributed by atoms with Crippen LogP contribution < -0.4 is 0 Å². The van der Waals surface area contributed by atoms with E-state index in [0.717, 1.165) is 23.5 Å². The van der Waals surface area contributed by atoms with Crippen molar-refractivity contribution in [2.24, 2.45) is 0 Å². The molecule has 1 aliphatic rings. The zero-order valence-corrected chi connectivity index (χ0v) is 11.1. The first-order chi connectivity index (χ1) is 8.61. The second-order valence-electron chi connectivity index (χ2n) is 4.35. The van der Waals surface area contributed by atoms with Gasteiger partial charge in [-0.2, -0.15) is 0 Å². The SMILES string of the molecule is CCc1nc(CC(=O)N2CCCC2C(=O)O)cs1. The number of nitrogens with zero attached hydrogens (tertiary/aromatic N) is 2. The van der Waals surface area contributed by atoms with Crippen molar-refractivity contribution < 1.29 is 14.7 Å². The summed E-state index contributed by atoms with van der Waals surface area (Å²) in [5.41, 5.74) is 0.748. The molecule has 0 bridgehead atoms. The molecule has 98 valence electrons. The lowest BCUT2D eigenvalue weighted by Crippen LogP contribution is -2.41. The van der Waals surface area contributed by atoms with Crippen molar-refractivity contribution >= 4 is 23.2 Å². The maximum atomic E-state index is 12.1. The smallest absolute Gasteiger partial charge is 0.326 e. The predicted octanol–water partition coefficient (Wildman–Crippen LogP) is 1.32. The minimum absolute atomic E-state index is 0.132. The van der Waals surface area contributed by atoms with Crippen LogP contribution in [0.5, 0.6) is 0 Å². The van der Waals surface area contributed by atoms with E-state index in [1.807, 2.05) is 12.3 Å². The summed E-state index contributed by atoms with van der Waals surface area (Å²) in [4.78, 5) is 28.9. The number of aryl methyl sites for hydroxylation is 1. The highest BCUT2D eigenvalue weighted by Gasteiger charge is 2.33. The van der Waals surface area contributed by atoms with Crippen LogP contribution in [-0.4, -0.2) is 39.5 Å². The first-order valence-corrected chi connectivity index (χ1v) is 6.95. The lowest BCUT2D eigenvalue weighted by Gasteiger charge is -2.20. The van der Waals surface area contributed by atoms with E-state index >= 15 is 0 Å². The van der Waals surface area contributed by atoms with Gasteiger partial charge in [-0.1, -0.05) is 6.92 Å². The van der Waals surface area contributed by atoms with Crippen LogP contribution in [0.15, 0.2) is 5.38 Å². The number of aliphatic carboxylic acids is 1. The highest BCUT2D eigenvalue weighted by Crippen LogP contribution is 2.19. The molecule has 1 saturated heterocycles. The Morgan fingerprint density at radius 3 is 3.00 bits per heavy atom. The van der Waals surface area contributed by atoms with Gasteiger partial charge in [-0.05, 0) is 19.3 Å². The van der Waals surface area contributed by atoms with E-state index < -0.39 is 12.0 Å². The predicted molar refractivity (Wildman–Crippen MR) is 67.6 cm³/mol. The summed E-state index contributed by atoms with van der Waals surface area (Å²) in [5.74, 6) is -1.04. The monoisotopic (exact) mass is 268 g/mol. The van der Waals surface area contributed by atoms with Gasteiger partial charge < -0.3 is 10.0 Å². The average Bonchev–Trinajstić information content (AvgIpc) is 2.96. The number of thiazole rings is 1. The molecule has 0 radical (unpaired) electrons. The van der Waals surface area contributed by atoms with Gasteiger partial charge in [-0.25, -0.2) is 9.78 Å². The second kappa shape index (κ2) is 5.48. The summed E-state index contributed by atoms with van der Waals surface area (Å²) in [6.45, 7) is 2.56. The second-order valence-corrected chi connectivity index (χ2v) is 5.29. The summed E-state index contributed by atoms with van der Waals surface area (Å²) in [5, 5.41) is 11.9. The van der Waals surface area contributed by atoms with Crippen LogP contribution in [0.4, 0.5) is 0 Å². The Morgan fingerprint density at radius 2 is 2.39 bits per heavy atom. The zero-order chi connectivity index (χ0) is 13.1. The normalized spacial score (nSPS) is 19.2. The molecule has 1 fully saturated rings. The van der Waals surface area contributed by atoms with Gasteiger partial charge in [0.1, 0.15) is 6.04 Å². The molecule has 1 aliphatic heterocycles. The topological polar surface area (TPSA) is 70.5 Å². The fourth-order valence-electron chi connectivity index (χ4n) is 2.17. The molecule has 0 saturated carbocycles. The number of carbonyl (C=O) groups excluding carboxylic acids is 1. The standard InChI is InChI=1S/C12H16N2O3S/c1-2-10-13-8(7-18-10)6-11(15)14-5-3-4-9(14)12(16)17/h7,9H,2-6H2,1H3,(H,16,17). The van der Waals surface area contributed by atoms with Gasteiger partial charge in [0.15, 0.2) is 0 Å². The van der Waals surface area contributed by atoms with E-state index in [9.17, 15) is 9.59 Å². The lowest BCUT2D eigenvalue weighted by atomic mass is 10.2. The van der Waals surface area contributed by atoms with E-state index in [1.165, 1.54) is 4.90 Å². The number of aromatic nitrogens is 1. The molecule has 2 heterocycles. The van der Waals surface area contributed by atoms with Crippen molar-refractivity contribution in [3.05, 3.63) is 16.1 Å². The molecular formula is C12H16N2O3S. The molecule has 1 aromatic heterocycles. The molecule has 0 aliphatic carbocycles. The van der Waals surface area contributed by atoms with E-state index in [1.54, 1.807) is 11.3 Å². The minimum Gasteiger partial charge on any atom is -0.480 e. The summed E-state index contributed by atoms with van der Waals surface area (Å²) >= 11 is 1.54. The van der Waals surface area contributed by atoms with Crippen molar-refractivity contribution in [2.45, 2.75) is 38.6 Å². The van der Waals surface area contributed by atoms with Crippen molar-refractivity contribution in [2.75, 3.05) is 6.54 Å². The maximum absolute atomic E-state index is 12.1. The molecule has 1 N–H and O–H groups in total. The number of rotatable bonds is 4. The van der Waals surface area contributed by atoms with Crippen LogP contribution in [0.3, 0.4) is 0 Å². The van der Waals surface area contributed by atoms with E-state index in [4.69, 9.17) is 5.11 Å². The zero-order valence-electron chi connectivity index (χ0n) is 10.3. The third kappa shape index (κ3) is 2.69. The van der Waals surface area contributed by atoms with Crippen LogP contribution in [-0.2, 0) is 22.4 Å². The van der Waals surface area contributed by atoms with Gasteiger partial charge in [0.2, 0.25) is 5.91 Å². The molecule has 1 atom stereocenters. The van der Waals surface area contributed by atoms with Gasteiger partial charge >= 0.3 is 5.97 Å². The summed E-state index contributed by atoms with van der Waals surface area (Å²) in [6.07, 6.45) is 2.39. The van der Waals surface area contributed by atoms with Crippen molar-refractivity contribution in [1.82, 2.24) is 9.88 Å². The Kier molecular flexibility index (Phi) is 3.96. The molecule has 0 spiro atoms. The summed E-state index contributed by atoms with van der Waals surface area (Å²) in [6, 6.07) is -0.651. The van der Waals surface area contributed by atoms with Gasteiger partial charge in [0.05, 0.1) is 17.1 Å². The first kappa shape index (κ1) is 13.0. The third-order valence-corrected chi connectivity index (χ3v) is 4.13. The van der Waals surface area contributed by atoms with Crippen LogP contribution in [0.25, 0.3) is 0 Å². The van der Waals surface area contributed by atoms with Gasteiger partial charge in [0, 0.05) is 11.9 Å². The molecule has 2 rings (SSSR count). The number of hydrogen-bond acceptors (Lipinski definition) is 4. The largest absolute Gasteiger partial charge is 0.480 e. The van der Waals surface area contributed by atoms with Gasteiger partial charge in [-0.15, -0.1) is 11.3 Å². The first-order valence-electron chi connectivity index (χ1n) is 6.07. The average molecular weight is 268 g/mol. The van der Waals surface area contributed by atoms with Crippen molar-refractivity contribution in [1.29, 1.82) is 0 Å². The lowest BCUT2D eigenvalue weighted by molar-refractivity contribution is -0.148. The molecule has 5 nitrogen and oxygen atoms in total. The molecule has 1 amide bonds. The highest BCUT2D eigenvalue weighted by atomic mass is 32.1. The Balaban J connectivity index is 2.01. The summed E-state index contributed by atoms with van der Waals surface area (Å²) < 4.78 is 0. The van der Waals surface area contributed by atoms with Gasteiger partial charge in [0.25, 0.3) is 0 Å². The number of carboxylic acids is 1. The number of carboxylic acid groups (broad SMARTS) is 1. The van der Waals surface area contributed by atoms with Crippen LogP contribution in [0, 0.1) is 0 Å². The number of hydrogen-bond donors (Lipinski definition) is 1. The van der Waals surface area contributed by atoms with Gasteiger partial charge in [-0.3, -0.25) is 4.79 Å². The van der Waals surface area contributed by atoms with E-state index in [-0.39, 0.29) is 12.3 Å². The fraction of sp³-hybridized carbons (Fsp3) is 0.583. The Hall–Kier alpha value is -1.43. The quantitative estimate of drug-likeness (QED) is 0.894. The molecule has 1 unspecified atom stereocenters. The fourth-order valence-corrected chi connectivity index (χ4v) is 2.92. The van der Waals surface area contributed by atoms with Crippen molar-refractivity contribution in [3.63, 3.8) is 0 Å². The van der Waals surface area contributed by atoms with Crippen molar-refractivity contribution in [3.8, 4) is 0 Å². The summed E-state index contributed by atoms with van der Waals surface area (Å²) in [7, 11) is 0. The Morgan fingerprint density at radius 1 is 1.61 bits per heavy atom. The van der Waals surface area contributed by atoms with Crippen LogP contribution >= 0.6 is 11.3 Å². The number of amides is 1. The van der Waals surface area contributed by atoms with Crippen LogP contribution in [0.2, 0.25) is 0 Å². The number of likely N-dealkylation sites (tertiary alicyclic amines) is 1. The molecule has 6 heteroatoms. The highest BCUT2D eigenvalue weighted by molar-refractivity contribution is 7.09. The molecule has 1 aromatic rings. The Labute approximate surface area is 109 Å². The molecular weight excluding hydrogens is 252 g/mol.